The van der Waals surface area contributed by atoms with Crippen LogP contribution in [-0.2, 0) is 9.59 Å². The second-order valence-corrected chi connectivity index (χ2v) is 7.26. The van der Waals surface area contributed by atoms with Gasteiger partial charge in [0.1, 0.15) is 0 Å². The lowest BCUT2D eigenvalue weighted by atomic mass is 9.64. The summed E-state index contributed by atoms with van der Waals surface area (Å²) < 4.78 is 0. The molecule has 1 aliphatic carbocycles. The molecule has 2 aromatic rings. The van der Waals surface area contributed by atoms with Gasteiger partial charge < -0.3 is 5.11 Å². The molecule has 28 heavy (non-hydrogen) atoms. The smallest absolute Gasteiger partial charge is 0.320 e. The number of amides is 1. The summed E-state index contributed by atoms with van der Waals surface area (Å²) in [6, 6.07) is 10.4. The van der Waals surface area contributed by atoms with Crippen molar-refractivity contribution in [1.82, 2.24) is 10.4 Å². The van der Waals surface area contributed by atoms with Gasteiger partial charge >= 0.3 is 5.97 Å². The number of carbonyl (C=O) groups excluding carboxylic acids is 1. The van der Waals surface area contributed by atoms with Crippen LogP contribution in [0.4, 0.5) is 0 Å². The Kier molecular flexibility index (Phi) is 5.90. The third kappa shape index (κ3) is 3.97. The molecule has 0 saturated carbocycles. The molecule has 1 amide bonds. The first-order chi connectivity index (χ1) is 13.4. The van der Waals surface area contributed by atoms with Crippen LogP contribution in [0.15, 0.2) is 65.5 Å². The Morgan fingerprint density at radius 1 is 1.25 bits per heavy atom. The normalized spacial score (nSPS) is 21.9. The van der Waals surface area contributed by atoms with Gasteiger partial charge in [0.05, 0.1) is 6.21 Å². The van der Waals surface area contributed by atoms with E-state index in [1.807, 2.05) is 13.0 Å². The monoisotopic (exact) mass is 397 g/mol. The molecule has 0 unspecified atom stereocenters. The first-order valence-electron chi connectivity index (χ1n) is 8.81. The predicted molar refractivity (Wildman–Crippen MR) is 107 cm³/mol. The van der Waals surface area contributed by atoms with E-state index in [4.69, 9.17) is 11.6 Å². The Balaban J connectivity index is 1.93. The van der Waals surface area contributed by atoms with Crippen LogP contribution >= 0.6 is 11.6 Å². The average Bonchev–Trinajstić information content (AvgIpc) is 2.69. The molecule has 2 N–H and O–H groups in total. The number of carbonyl (C=O) groups is 2. The molecule has 0 radical (unpaired) electrons. The number of hydrogen-bond acceptors (Lipinski definition) is 4. The fraction of sp³-hybridized carbons (Fsp3) is 0.238. The molecule has 1 heterocycles. The number of aliphatic carboxylic acids is 1. The van der Waals surface area contributed by atoms with Crippen LogP contribution < -0.4 is 5.43 Å². The number of rotatable bonds is 5. The minimum Gasteiger partial charge on any atom is -0.480 e. The number of aromatic nitrogens is 1. The van der Waals surface area contributed by atoms with Crippen LogP contribution in [0.3, 0.4) is 0 Å². The summed E-state index contributed by atoms with van der Waals surface area (Å²) >= 11 is 5.97. The van der Waals surface area contributed by atoms with Crippen molar-refractivity contribution in [3.05, 3.63) is 76.6 Å². The van der Waals surface area contributed by atoms with Crippen molar-refractivity contribution < 1.29 is 14.7 Å². The third-order valence-corrected chi connectivity index (χ3v) is 5.29. The maximum absolute atomic E-state index is 13.0. The third-order valence-electron chi connectivity index (χ3n) is 5.04. The van der Waals surface area contributed by atoms with Crippen molar-refractivity contribution in [3.8, 4) is 0 Å². The zero-order chi connectivity index (χ0) is 20.1. The highest BCUT2D eigenvalue weighted by Crippen LogP contribution is 2.47. The second-order valence-electron chi connectivity index (χ2n) is 6.82. The van der Waals surface area contributed by atoms with Gasteiger partial charge in [0.2, 0.25) is 0 Å². The SMILES string of the molecule is CC1=CC[C@@](C(=O)O)(C(=O)N/N=C\c2ccncc2)[C@@H](c2ccc(Cl)cc2)C1. The molecule has 1 aliphatic rings. The number of nitrogens with one attached hydrogen (secondary N) is 1. The molecule has 0 saturated heterocycles. The number of allylic oxidation sites excluding steroid dienone is 2. The molecule has 2 atom stereocenters. The number of pyridine rings is 1. The summed E-state index contributed by atoms with van der Waals surface area (Å²) in [4.78, 5) is 29.3. The second kappa shape index (κ2) is 8.35. The minimum absolute atomic E-state index is 0.0953. The van der Waals surface area contributed by atoms with Crippen LogP contribution in [0.25, 0.3) is 0 Å². The Labute approximate surface area is 167 Å². The number of benzene rings is 1. The highest BCUT2D eigenvalue weighted by atomic mass is 35.5. The Bertz CT molecular complexity index is 926. The van der Waals surface area contributed by atoms with E-state index in [-0.39, 0.29) is 6.42 Å². The van der Waals surface area contributed by atoms with Gasteiger partial charge in [-0.3, -0.25) is 14.6 Å². The lowest BCUT2D eigenvalue weighted by Crippen LogP contribution is -2.50. The molecule has 3 rings (SSSR count). The fourth-order valence-corrected chi connectivity index (χ4v) is 3.58. The molecule has 0 aliphatic heterocycles. The van der Waals surface area contributed by atoms with Crippen molar-refractivity contribution in [2.24, 2.45) is 10.5 Å². The predicted octanol–water partition coefficient (Wildman–Crippen LogP) is 3.78. The van der Waals surface area contributed by atoms with Gasteiger partial charge in [-0.1, -0.05) is 35.4 Å². The van der Waals surface area contributed by atoms with E-state index in [2.05, 4.69) is 15.5 Å². The molecule has 6 nitrogen and oxygen atoms in total. The van der Waals surface area contributed by atoms with Gasteiger partial charge in [0.25, 0.3) is 5.91 Å². The Morgan fingerprint density at radius 2 is 1.93 bits per heavy atom. The topological polar surface area (TPSA) is 91.6 Å². The molecule has 0 spiro atoms. The Hall–Kier alpha value is -2.99. The maximum atomic E-state index is 13.0. The van der Waals surface area contributed by atoms with E-state index in [1.165, 1.54) is 6.21 Å². The summed E-state index contributed by atoms with van der Waals surface area (Å²) in [6.07, 6.45) is 7.04. The molecule has 144 valence electrons. The molecule has 1 aromatic carbocycles. The van der Waals surface area contributed by atoms with Crippen molar-refractivity contribution in [1.29, 1.82) is 0 Å². The first kappa shape index (κ1) is 19.8. The first-order valence-corrected chi connectivity index (χ1v) is 9.19. The fourth-order valence-electron chi connectivity index (χ4n) is 3.45. The van der Waals surface area contributed by atoms with E-state index in [9.17, 15) is 14.7 Å². The molecule has 0 bridgehead atoms. The van der Waals surface area contributed by atoms with Crippen LogP contribution in [0.2, 0.25) is 5.02 Å². The highest BCUT2D eigenvalue weighted by Gasteiger charge is 2.53. The van der Waals surface area contributed by atoms with Crippen molar-refractivity contribution in [2.75, 3.05) is 0 Å². The van der Waals surface area contributed by atoms with Crippen LogP contribution in [0, 0.1) is 5.41 Å². The number of hydrazone groups is 1. The van der Waals surface area contributed by atoms with Crippen LogP contribution in [0.5, 0.6) is 0 Å². The van der Waals surface area contributed by atoms with Gasteiger partial charge in [-0.2, -0.15) is 5.10 Å². The van der Waals surface area contributed by atoms with Gasteiger partial charge in [0.15, 0.2) is 5.41 Å². The quantitative estimate of drug-likeness (QED) is 0.347. The summed E-state index contributed by atoms with van der Waals surface area (Å²) in [5.41, 5.74) is 3.32. The van der Waals surface area contributed by atoms with Crippen LogP contribution in [-0.4, -0.2) is 28.2 Å². The minimum atomic E-state index is -1.65. The Morgan fingerprint density at radius 3 is 2.57 bits per heavy atom. The standard InChI is InChI=1S/C21H20ClN3O3/c1-14-6-9-21(20(27)28,18(12-14)16-2-4-17(22)5-3-16)19(26)25-24-13-15-7-10-23-11-8-15/h2-8,10-11,13,18H,9,12H2,1H3,(H,25,26)(H,27,28)/b24-13-/t18-,21+/m1/s1. The number of hydrogen-bond donors (Lipinski definition) is 2. The van der Waals surface area contributed by atoms with Gasteiger partial charge in [0, 0.05) is 23.3 Å². The van der Waals surface area contributed by atoms with Crippen molar-refractivity contribution in [3.63, 3.8) is 0 Å². The number of halogens is 1. The number of carboxylic acid groups (broad SMARTS) is 1. The van der Waals surface area contributed by atoms with Crippen molar-refractivity contribution in [2.45, 2.75) is 25.7 Å². The van der Waals surface area contributed by atoms with Crippen molar-refractivity contribution >= 4 is 29.7 Å². The molecule has 1 aromatic heterocycles. The summed E-state index contributed by atoms with van der Waals surface area (Å²) in [6.45, 7) is 1.94. The summed E-state index contributed by atoms with van der Waals surface area (Å²) in [7, 11) is 0. The lowest BCUT2D eigenvalue weighted by molar-refractivity contribution is -0.158. The zero-order valence-corrected chi connectivity index (χ0v) is 16.1. The van der Waals surface area contributed by atoms with Gasteiger partial charge in [-0.25, -0.2) is 5.43 Å². The zero-order valence-electron chi connectivity index (χ0n) is 15.3. The molecular formula is C21H20ClN3O3. The molecular weight excluding hydrogens is 378 g/mol. The van der Waals surface area contributed by atoms with E-state index in [0.29, 0.717) is 11.4 Å². The molecule has 0 fully saturated rings. The van der Waals surface area contributed by atoms with E-state index in [0.717, 1.165) is 16.7 Å². The lowest BCUT2D eigenvalue weighted by Gasteiger charge is -2.38. The largest absolute Gasteiger partial charge is 0.480 e. The maximum Gasteiger partial charge on any atom is 0.320 e. The molecule has 7 heteroatoms. The van der Waals surface area contributed by atoms with Crippen LogP contribution in [0.1, 0.15) is 36.8 Å². The highest BCUT2D eigenvalue weighted by molar-refractivity contribution is 6.30. The summed E-state index contributed by atoms with van der Waals surface area (Å²) in [5.74, 6) is -2.34. The summed E-state index contributed by atoms with van der Waals surface area (Å²) in [5, 5.41) is 14.6. The van der Waals surface area contributed by atoms with E-state index < -0.39 is 23.2 Å². The average molecular weight is 398 g/mol. The number of nitrogens with zero attached hydrogens (tertiary/aromatic N) is 2. The van der Waals surface area contributed by atoms with Gasteiger partial charge in [-0.15, -0.1) is 0 Å². The van der Waals surface area contributed by atoms with E-state index >= 15 is 0 Å². The van der Waals surface area contributed by atoms with E-state index in [1.54, 1.807) is 48.8 Å². The van der Waals surface area contributed by atoms with Gasteiger partial charge in [-0.05, 0) is 55.2 Å². The number of carboxylic acids is 1.